The van der Waals surface area contributed by atoms with Gasteiger partial charge in [-0.15, -0.1) is 0 Å². The zero-order chi connectivity index (χ0) is 4.99. The van der Waals surface area contributed by atoms with Crippen LogP contribution >= 0.6 is 0 Å². The Balaban J connectivity index is 0. The first kappa shape index (κ1) is 10.6. The number of hydrogen-bond acceptors (Lipinski definition) is 2. The van der Waals surface area contributed by atoms with Gasteiger partial charge in [0.1, 0.15) is 5.97 Å². The molecule has 0 aliphatic heterocycles. The van der Waals surface area contributed by atoms with Gasteiger partial charge in [0.25, 0.3) is 0 Å². The van der Waals surface area contributed by atoms with Gasteiger partial charge in [0.05, 0.1) is 0 Å². The fraction of sp³-hybridized carbons (Fsp3) is 0. The SMILES string of the molecule is [N-]=[N+]=CC(=O)[O-].[Rb+]. The monoisotopic (exact) mass is 170 g/mol. The van der Waals surface area contributed by atoms with Gasteiger partial charge in [0, 0.05) is 0 Å². The molecule has 0 rings (SSSR count). The Morgan fingerprint density at radius 2 is 2.29 bits per heavy atom. The van der Waals surface area contributed by atoms with Gasteiger partial charge in [0.15, 0.2) is 0 Å². The normalized spacial score (nSPS) is 5.14. The van der Waals surface area contributed by atoms with Gasteiger partial charge in [0.2, 0.25) is 0 Å². The molecule has 7 heavy (non-hydrogen) atoms. The van der Waals surface area contributed by atoms with Crippen molar-refractivity contribution in [2.75, 3.05) is 0 Å². The number of nitrogens with zero attached hydrogens (tertiary/aromatic N) is 2. The van der Waals surface area contributed by atoms with Crippen molar-refractivity contribution in [3.05, 3.63) is 5.53 Å². The van der Waals surface area contributed by atoms with Crippen LogP contribution in [-0.2, 0) is 4.79 Å². The van der Waals surface area contributed by atoms with E-state index in [-0.39, 0.29) is 64.4 Å². The molecule has 5 heteroatoms. The molecule has 4 nitrogen and oxygen atoms in total. The maximum Gasteiger partial charge on any atom is 1.00 e. The van der Waals surface area contributed by atoms with Gasteiger partial charge in [-0.2, -0.15) is 4.79 Å². The van der Waals surface area contributed by atoms with Crippen molar-refractivity contribution in [1.29, 1.82) is 0 Å². The summed E-state index contributed by atoms with van der Waals surface area (Å²) in [6.45, 7) is 0. The molecule has 0 N–H and O–H groups in total. The molecule has 0 aromatic rings. The fourth-order valence-corrected chi connectivity index (χ4v) is 0.0471. The van der Waals surface area contributed by atoms with Gasteiger partial charge < -0.3 is 15.4 Å². The molecule has 0 saturated carbocycles. The third kappa shape index (κ3) is 10.8. The van der Waals surface area contributed by atoms with Gasteiger partial charge in [-0.05, 0) is 0 Å². The summed E-state index contributed by atoms with van der Waals surface area (Å²) >= 11 is 0. The Bertz CT molecular complexity index is 106. The number of rotatable bonds is 1. The van der Waals surface area contributed by atoms with E-state index in [0.29, 0.717) is 0 Å². The van der Waals surface area contributed by atoms with Crippen molar-refractivity contribution in [3.63, 3.8) is 0 Å². The van der Waals surface area contributed by atoms with Crippen LogP contribution in [0.1, 0.15) is 0 Å². The summed E-state index contributed by atoms with van der Waals surface area (Å²) in [5.41, 5.74) is 7.39. The van der Waals surface area contributed by atoms with Crippen LogP contribution in [0.15, 0.2) is 0 Å². The molecule has 0 aliphatic rings. The van der Waals surface area contributed by atoms with E-state index in [2.05, 4.69) is 4.79 Å². The number of carboxylic acid groups (broad SMARTS) is 1. The van der Waals surface area contributed by atoms with Crippen LogP contribution in [-0.4, -0.2) is 17.0 Å². The number of carbonyl (C=O) groups excluding carboxylic acids is 1. The largest absolute Gasteiger partial charge is 1.00 e. The molecule has 0 aromatic heterocycles. The average Bonchev–Trinajstić information content (AvgIpc) is 1.35. The Kier molecular flexibility index (Phi) is 10.1. The molecule has 0 amide bonds. The summed E-state index contributed by atoms with van der Waals surface area (Å²) in [5, 5.41) is 9.18. The summed E-state index contributed by atoms with van der Waals surface area (Å²) < 4.78 is 0. The predicted octanol–water partition coefficient (Wildman–Crippen LogP) is -4.96. The molecule has 0 atom stereocenters. The van der Waals surface area contributed by atoms with E-state index < -0.39 is 5.97 Å². The van der Waals surface area contributed by atoms with Crippen molar-refractivity contribution in [1.82, 2.24) is 0 Å². The fourth-order valence-electron chi connectivity index (χ4n) is 0.0471. The molecule has 0 aromatic carbocycles. The van der Waals surface area contributed by atoms with Crippen molar-refractivity contribution in [2.45, 2.75) is 0 Å². The third-order valence-corrected chi connectivity index (χ3v) is 0.163. The van der Waals surface area contributed by atoms with Crippen LogP contribution in [0.4, 0.5) is 0 Å². The molecule has 0 fully saturated rings. The van der Waals surface area contributed by atoms with E-state index >= 15 is 0 Å². The first-order valence-electron chi connectivity index (χ1n) is 1.16. The topological polar surface area (TPSA) is 76.5 Å². The predicted molar refractivity (Wildman–Crippen MR) is 14.7 cm³/mol. The van der Waals surface area contributed by atoms with Gasteiger partial charge in [-0.25, -0.2) is 0 Å². The van der Waals surface area contributed by atoms with Crippen LogP contribution < -0.4 is 63.3 Å². The van der Waals surface area contributed by atoms with E-state index in [1.165, 1.54) is 0 Å². The molecule has 0 radical (unpaired) electrons. The smallest absolute Gasteiger partial charge is 0.539 e. The minimum Gasteiger partial charge on any atom is -0.539 e. The Labute approximate surface area is 88.9 Å². The molecule has 0 saturated heterocycles. The number of hydrogen-bond donors (Lipinski definition) is 0. The minimum atomic E-state index is -1.50. The second kappa shape index (κ2) is 6.66. The van der Waals surface area contributed by atoms with Crippen LogP contribution in [0.2, 0.25) is 0 Å². The van der Waals surface area contributed by atoms with Crippen molar-refractivity contribution < 1.29 is 72.9 Å². The van der Waals surface area contributed by atoms with Crippen LogP contribution in [0.5, 0.6) is 0 Å². The Morgan fingerprint density at radius 3 is 2.29 bits per heavy atom. The molecule has 0 bridgehead atoms. The maximum atomic E-state index is 9.18. The van der Waals surface area contributed by atoms with E-state index in [9.17, 15) is 9.90 Å². The van der Waals surface area contributed by atoms with Gasteiger partial charge in [-0.3, -0.25) is 0 Å². The average molecular weight is 171 g/mol. The summed E-state index contributed by atoms with van der Waals surface area (Å²) in [4.78, 5) is 11.3. The first-order valence-corrected chi connectivity index (χ1v) is 1.16. The molecule has 0 unspecified atom stereocenters. The van der Waals surface area contributed by atoms with E-state index in [1.54, 1.807) is 0 Å². The standard InChI is InChI=1S/C2H2N2O2.Rb/c3-4-1-2(5)6;/h1H,(H,5,6);/q;+1/p-1. The Hall–Kier alpha value is 0.655. The summed E-state index contributed by atoms with van der Waals surface area (Å²) in [6.07, 6.45) is 0.278. The van der Waals surface area contributed by atoms with Crippen molar-refractivity contribution in [2.24, 2.45) is 0 Å². The van der Waals surface area contributed by atoms with Gasteiger partial charge in [-0.1, -0.05) is 0 Å². The summed E-state index contributed by atoms with van der Waals surface area (Å²) in [6, 6.07) is 0. The van der Waals surface area contributed by atoms with Crippen LogP contribution in [0.3, 0.4) is 0 Å². The summed E-state index contributed by atoms with van der Waals surface area (Å²) in [5.74, 6) is -1.50. The third-order valence-electron chi connectivity index (χ3n) is 0.163. The molecule has 0 heterocycles. The van der Waals surface area contributed by atoms with Crippen LogP contribution in [0, 0.1) is 0 Å². The van der Waals surface area contributed by atoms with Crippen molar-refractivity contribution in [3.8, 4) is 0 Å². The zero-order valence-corrected chi connectivity index (χ0v) is 8.70. The maximum absolute atomic E-state index is 9.18. The number of carboxylic acids is 1. The summed E-state index contributed by atoms with van der Waals surface area (Å²) in [7, 11) is 0. The minimum absolute atomic E-state index is 0. The molecular formula is C2HN2O2Rb. The Morgan fingerprint density at radius 1 is 1.86 bits per heavy atom. The zero-order valence-electron chi connectivity index (χ0n) is 3.79. The van der Waals surface area contributed by atoms with Crippen molar-refractivity contribution >= 4 is 12.2 Å². The van der Waals surface area contributed by atoms with E-state index in [4.69, 9.17) is 5.53 Å². The molecule has 32 valence electrons. The first-order chi connectivity index (χ1) is 2.77. The van der Waals surface area contributed by atoms with Crippen LogP contribution in [0.25, 0.3) is 5.53 Å². The number of aliphatic carboxylic acids is 1. The van der Waals surface area contributed by atoms with E-state index in [0.717, 1.165) is 0 Å². The quantitative estimate of drug-likeness (QED) is 0.225. The molecule has 0 aliphatic carbocycles. The molecular weight excluding hydrogens is 170 g/mol. The number of carbonyl (C=O) groups is 1. The van der Waals surface area contributed by atoms with Gasteiger partial charge >= 0.3 is 64.4 Å². The van der Waals surface area contributed by atoms with E-state index in [1.807, 2.05) is 0 Å². The second-order valence-corrected chi connectivity index (χ2v) is 0.564. The second-order valence-electron chi connectivity index (χ2n) is 0.564. The molecule has 0 spiro atoms.